The molecule has 14 nitrogen and oxygen atoms in total. The van der Waals surface area contributed by atoms with Gasteiger partial charge in [0.2, 0.25) is 11.1 Å². The van der Waals surface area contributed by atoms with Crippen LogP contribution in [0.2, 0.25) is 0 Å². The molecule has 0 bridgehead atoms. The van der Waals surface area contributed by atoms with Crippen molar-refractivity contribution in [3.63, 3.8) is 0 Å². The molecule has 4 atom stereocenters. The number of hydrogen-bond donors (Lipinski definition) is 6. The average molecular weight is 534 g/mol. The smallest absolute Gasteiger partial charge is 0.352 e. The summed E-state index contributed by atoms with van der Waals surface area (Å²) in [4.78, 5) is 50.4. The fourth-order valence-electron chi connectivity index (χ4n) is 3.75. The highest BCUT2D eigenvalue weighted by Crippen LogP contribution is 2.43. The van der Waals surface area contributed by atoms with Crippen molar-refractivity contribution in [2.75, 3.05) is 18.1 Å². The van der Waals surface area contributed by atoms with E-state index in [2.05, 4.69) is 36.6 Å². The van der Waals surface area contributed by atoms with E-state index in [1.54, 1.807) is 24.3 Å². The maximum Gasteiger partial charge on any atom is 0.352 e. The number of aromatic amines is 1. The van der Waals surface area contributed by atoms with Crippen molar-refractivity contribution in [2.45, 2.75) is 34.8 Å². The number of rotatable bonds is 8. The van der Waals surface area contributed by atoms with Crippen LogP contribution in [0, 0.1) is 0 Å². The summed E-state index contributed by atoms with van der Waals surface area (Å²) in [7, 11) is 1.49. The first-order valence-electron chi connectivity index (χ1n) is 10.7. The number of anilines is 1. The summed E-state index contributed by atoms with van der Waals surface area (Å²) in [5, 5.41) is 30.5. The van der Waals surface area contributed by atoms with Crippen molar-refractivity contribution < 1.29 is 24.3 Å². The summed E-state index contributed by atoms with van der Waals surface area (Å²) in [6.45, 7) is 1.81. The molecular formula is C20H23N9O5S2. The van der Waals surface area contributed by atoms with E-state index >= 15 is 0 Å². The molecule has 1 aromatic carbocycles. The third kappa shape index (κ3) is 5.00. The Morgan fingerprint density at radius 3 is 2.64 bits per heavy atom. The van der Waals surface area contributed by atoms with Crippen molar-refractivity contribution in [3.8, 4) is 0 Å². The van der Waals surface area contributed by atoms with E-state index in [1.807, 2.05) is 6.92 Å². The minimum atomic E-state index is -1.22. The summed E-state index contributed by atoms with van der Waals surface area (Å²) in [5.74, 6) is -1.97. The molecule has 190 valence electrons. The van der Waals surface area contributed by atoms with E-state index in [0.717, 1.165) is 0 Å². The number of carboxylic acid groups (broad SMARTS) is 1. The van der Waals surface area contributed by atoms with E-state index in [1.165, 1.54) is 35.5 Å². The van der Waals surface area contributed by atoms with Crippen LogP contribution < -0.4 is 21.7 Å². The average Bonchev–Trinajstić information content (AvgIpc) is 3.38. The van der Waals surface area contributed by atoms with Gasteiger partial charge in [0.1, 0.15) is 23.2 Å². The van der Waals surface area contributed by atoms with Gasteiger partial charge < -0.3 is 26.8 Å². The summed E-state index contributed by atoms with van der Waals surface area (Å²) in [6, 6.07) is 4.05. The van der Waals surface area contributed by atoms with Crippen LogP contribution in [0.25, 0.3) is 0 Å². The van der Waals surface area contributed by atoms with Gasteiger partial charge in [-0.05, 0) is 40.6 Å². The Morgan fingerprint density at radius 1 is 1.31 bits per heavy atom. The normalized spacial score (nSPS) is 20.6. The lowest BCUT2D eigenvalue weighted by Crippen LogP contribution is -2.71. The van der Waals surface area contributed by atoms with Crippen molar-refractivity contribution in [1.29, 1.82) is 0 Å². The third-order valence-corrected chi connectivity index (χ3v) is 7.98. The Kier molecular flexibility index (Phi) is 7.46. The van der Waals surface area contributed by atoms with Crippen LogP contribution in [-0.2, 0) is 14.4 Å². The summed E-state index contributed by atoms with van der Waals surface area (Å²) in [6.07, 6.45) is 0. The van der Waals surface area contributed by atoms with Crippen molar-refractivity contribution in [3.05, 3.63) is 41.1 Å². The topological polar surface area (TPSA) is 208 Å². The molecule has 0 aliphatic carbocycles. The van der Waals surface area contributed by atoms with Gasteiger partial charge in [-0.3, -0.25) is 14.5 Å². The number of nitrogens with zero attached hydrogens (tertiary/aromatic N) is 4. The van der Waals surface area contributed by atoms with Crippen LogP contribution in [0.15, 0.2) is 40.7 Å². The molecule has 0 radical (unpaired) electrons. The molecule has 3 unspecified atom stereocenters. The number of amides is 4. The first-order chi connectivity index (χ1) is 17.2. The van der Waals surface area contributed by atoms with Crippen molar-refractivity contribution in [1.82, 2.24) is 36.2 Å². The molecule has 16 heteroatoms. The molecular weight excluding hydrogens is 510 g/mol. The number of H-pyrrole nitrogens is 1. The zero-order chi connectivity index (χ0) is 26.0. The van der Waals surface area contributed by atoms with Gasteiger partial charge in [0.15, 0.2) is 0 Å². The molecule has 3 heterocycles. The molecule has 1 saturated heterocycles. The van der Waals surface area contributed by atoms with Crippen LogP contribution in [-0.4, -0.2) is 83.9 Å². The Balaban J connectivity index is 1.43. The van der Waals surface area contributed by atoms with Crippen LogP contribution in [0.3, 0.4) is 0 Å². The Labute approximate surface area is 213 Å². The van der Waals surface area contributed by atoms with Gasteiger partial charge in [0.05, 0.1) is 0 Å². The van der Waals surface area contributed by atoms with E-state index in [-0.39, 0.29) is 17.0 Å². The largest absolute Gasteiger partial charge is 0.477 e. The van der Waals surface area contributed by atoms with Gasteiger partial charge in [0.25, 0.3) is 5.91 Å². The zero-order valence-electron chi connectivity index (χ0n) is 19.1. The number of tetrazole rings is 1. The number of aliphatic carboxylic acids is 1. The van der Waals surface area contributed by atoms with Gasteiger partial charge in [-0.2, -0.15) is 0 Å². The molecule has 4 amide bonds. The van der Waals surface area contributed by atoms with Crippen LogP contribution in [0.4, 0.5) is 10.5 Å². The second kappa shape index (κ2) is 10.5. The highest BCUT2D eigenvalue weighted by Gasteiger charge is 2.54. The Hall–Kier alpha value is -3.63. The summed E-state index contributed by atoms with van der Waals surface area (Å²) < 4.78 is 0. The minimum absolute atomic E-state index is 0.0924. The highest BCUT2D eigenvalue weighted by molar-refractivity contribution is 8.01. The Morgan fingerprint density at radius 2 is 2.03 bits per heavy atom. The monoisotopic (exact) mass is 533 g/mol. The lowest BCUT2D eigenvalue weighted by atomic mass is 10.0. The third-order valence-electron chi connectivity index (χ3n) is 5.64. The van der Waals surface area contributed by atoms with E-state index in [0.29, 0.717) is 27.7 Å². The minimum Gasteiger partial charge on any atom is -0.477 e. The van der Waals surface area contributed by atoms with Gasteiger partial charge in [-0.15, -0.1) is 16.9 Å². The number of urea groups is 1. The number of β-lactam (4-membered cyclic amide) rings is 1. The van der Waals surface area contributed by atoms with Gasteiger partial charge in [-0.1, -0.05) is 23.9 Å². The van der Waals surface area contributed by atoms with Crippen LogP contribution in [0.5, 0.6) is 0 Å². The number of hydrogen-bond acceptors (Lipinski definition) is 10. The molecule has 4 rings (SSSR count). The van der Waals surface area contributed by atoms with Gasteiger partial charge in [0, 0.05) is 23.7 Å². The summed E-state index contributed by atoms with van der Waals surface area (Å²) in [5.41, 5.74) is 7.56. The maximum atomic E-state index is 12.9. The van der Waals surface area contributed by atoms with Crippen LogP contribution in [0.1, 0.15) is 18.5 Å². The van der Waals surface area contributed by atoms with E-state index < -0.39 is 35.2 Å². The predicted octanol–water partition coefficient (Wildman–Crippen LogP) is -0.130. The molecule has 2 aliphatic rings. The number of carboxylic acids is 1. The fourth-order valence-corrected chi connectivity index (χ4v) is 6.18. The maximum absolute atomic E-state index is 12.9. The number of thioether (sulfide) groups is 2. The molecule has 2 aromatic rings. The molecule has 0 saturated carbocycles. The van der Waals surface area contributed by atoms with Gasteiger partial charge >= 0.3 is 12.0 Å². The molecule has 0 spiro atoms. The van der Waals surface area contributed by atoms with Crippen LogP contribution >= 0.6 is 23.5 Å². The number of carbonyl (C=O) groups is 4. The first kappa shape index (κ1) is 25.5. The van der Waals surface area contributed by atoms with E-state index in [4.69, 9.17) is 5.73 Å². The lowest BCUT2D eigenvalue weighted by Gasteiger charge is -2.50. The molecule has 36 heavy (non-hydrogen) atoms. The Bertz CT molecular complexity index is 1200. The molecule has 1 aromatic heterocycles. The van der Waals surface area contributed by atoms with E-state index in [9.17, 15) is 24.3 Å². The number of nitrogens with one attached hydrogen (secondary N) is 4. The molecule has 7 N–H and O–H groups in total. The molecule has 2 aliphatic heterocycles. The molecule has 1 fully saturated rings. The second-order valence-corrected chi connectivity index (χ2v) is 10.3. The first-order valence-corrected chi connectivity index (χ1v) is 12.6. The van der Waals surface area contributed by atoms with Crippen molar-refractivity contribution >= 4 is 53.0 Å². The number of nitrogens with two attached hydrogens (primary N) is 1. The zero-order valence-corrected chi connectivity index (χ0v) is 20.7. The number of aromatic nitrogens is 4. The standard InChI is InChI=1S/C20H23N9O5S2/c1-8(36-20-25-27-28-26-20)11-7-35-17-13(16(31)29(17)14(11)18(32)33)24-15(30)12(21)9-3-5-10(6-4-9)23-19(34)22-2/h3-6,8,12-13,17H,7,21H2,1-2H3,(H,24,30)(H,32,33)(H2,22,23,34)(H,25,26,27,28)/t8?,12?,13?,17-/m0/s1. The number of fused-ring (bicyclic) bond motifs is 1. The highest BCUT2D eigenvalue weighted by atomic mass is 32.2. The quantitative estimate of drug-likeness (QED) is 0.194. The number of benzene rings is 1. The fraction of sp³-hybridized carbons (Fsp3) is 0.350. The SMILES string of the molecule is CNC(=O)Nc1ccc(C(N)C(=O)NC2C(=O)N3C(C(=O)O)=C(C(C)Sc4nnn[nH]4)CS[C@@H]23)cc1. The number of carbonyl (C=O) groups excluding carboxylic acids is 3. The van der Waals surface area contributed by atoms with Gasteiger partial charge in [-0.25, -0.2) is 14.7 Å². The lowest BCUT2D eigenvalue weighted by molar-refractivity contribution is -0.150. The van der Waals surface area contributed by atoms with Crippen molar-refractivity contribution in [2.24, 2.45) is 5.73 Å². The summed E-state index contributed by atoms with van der Waals surface area (Å²) >= 11 is 2.61. The predicted molar refractivity (Wildman–Crippen MR) is 131 cm³/mol. The second-order valence-electron chi connectivity index (χ2n) is 7.85.